The van der Waals surface area contributed by atoms with E-state index < -0.39 is 0 Å². The quantitative estimate of drug-likeness (QED) is 0.233. The maximum absolute atomic E-state index is 14.6. The number of anilines is 2. The van der Waals surface area contributed by atoms with E-state index >= 15 is 0 Å². The van der Waals surface area contributed by atoms with E-state index in [0.717, 1.165) is 86.5 Å². The molecule has 10 heteroatoms. The molecule has 1 aliphatic carbocycles. The summed E-state index contributed by atoms with van der Waals surface area (Å²) in [7, 11) is 1.66. The Kier molecular flexibility index (Phi) is 11.0. The maximum Gasteiger partial charge on any atom is 0.265 e. The average Bonchev–Trinajstić information content (AvgIpc) is 3.90. The van der Waals surface area contributed by atoms with Crippen LogP contribution in [0.5, 0.6) is 11.5 Å². The summed E-state index contributed by atoms with van der Waals surface area (Å²) in [6.07, 6.45) is 5.10. The number of hydrogen-bond donors (Lipinski definition) is 2. The molecule has 10 nitrogen and oxygen atoms in total. The Morgan fingerprint density at radius 3 is 2.60 bits per heavy atom. The van der Waals surface area contributed by atoms with Crippen LogP contribution >= 0.6 is 0 Å². The average molecular weight is 683 g/mol. The predicted molar refractivity (Wildman–Crippen MR) is 194 cm³/mol. The number of β-amino-alcohol motifs (C(OH)–C–C–N with tert-alkyl or cyclic N) is 1. The standard InChI is InChI=1S/C40H50N4O6/c1-48-20-5-18-43-37-24-32(12-13-38(37)50-27-39(43)46)44(31-10-11-31)40(47)36-25-41-16-14-35(36)30-8-2-6-28(22-30)29-7-3-9-34(23-29)49-21-4-17-42-19-15-33(45)26-42/h2-3,6-9,12-13,22-24,31,33,35-36,41,45H,4-5,10-11,14-21,25-27H2,1H3/t33?,35-,36+/m1/s1. The number of amides is 2. The number of aliphatic hydroxyl groups excluding tert-OH is 1. The molecule has 266 valence electrons. The van der Waals surface area contributed by atoms with Crippen LogP contribution in [0.15, 0.2) is 66.7 Å². The first-order chi connectivity index (χ1) is 24.5. The Bertz CT molecular complexity index is 1650. The van der Waals surface area contributed by atoms with Crippen LogP contribution in [-0.2, 0) is 14.3 Å². The molecule has 3 atom stereocenters. The van der Waals surface area contributed by atoms with Gasteiger partial charge in [0, 0.05) is 58.2 Å². The summed E-state index contributed by atoms with van der Waals surface area (Å²) < 4.78 is 17.2. The highest BCUT2D eigenvalue weighted by Gasteiger charge is 2.41. The molecule has 3 aromatic carbocycles. The fourth-order valence-electron chi connectivity index (χ4n) is 7.71. The highest BCUT2D eigenvalue weighted by Crippen LogP contribution is 2.42. The molecule has 2 N–H and O–H groups in total. The molecule has 3 aromatic rings. The number of rotatable bonds is 14. The van der Waals surface area contributed by atoms with Crippen LogP contribution in [0.3, 0.4) is 0 Å². The lowest BCUT2D eigenvalue weighted by Gasteiger charge is -2.36. The van der Waals surface area contributed by atoms with Crippen LogP contribution in [0.4, 0.5) is 11.4 Å². The highest BCUT2D eigenvalue weighted by molar-refractivity contribution is 6.01. The molecular formula is C40H50N4O6. The molecule has 3 fully saturated rings. The number of carbonyl (C=O) groups excluding carboxylic acids is 2. The first-order valence-electron chi connectivity index (χ1n) is 18.3. The van der Waals surface area contributed by atoms with Gasteiger partial charge in [0.05, 0.1) is 24.3 Å². The van der Waals surface area contributed by atoms with Crippen LogP contribution < -0.4 is 24.6 Å². The first kappa shape index (κ1) is 34.5. The summed E-state index contributed by atoms with van der Waals surface area (Å²) in [5.74, 6) is 1.41. The molecule has 3 heterocycles. The lowest BCUT2D eigenvalue weighted by molar-refractivity contribution is -0.123. The summed E-state index contributed by atoms with van der Waals surface area (Å²) in [4.78, 5) is 33.6. The third-order valence-corrected chi connectivity index (χ3v) is 10.5. The van der Waals surface area contributed by atoms with Crippen molar-refractivity contribution in [2.24, 2.45) is 5.92 Å². The second-order valence-electron chi connectivity index (χ2n) is 14.1. The largest absolute Gasteiger partial charge is 0.494 e. The number of hydrogen-bond acceptors (Lipinski definition) is 8. The van der Waals surface area contributed by atoms with E-state index in [1.165, 1.54) is 5.56 Å². The van der Waals surface area contributed by atoms with Gasteiger partial charge in [-0.3, -0.25) is 9.59 Å². The molecule has 0 aromatic heterocycles. The number of aliphatic hydroxyl groups is 1. The fourth-order valence-corrected chi connectivity index (χ4v) is 7.71. The molecule has 1 saturated carbocycles. The molecule has 4 aliphatic rings. The Hall–Kier alpha value is -3.96. The van der Waals surface area contributed by atoms with E-state index in [-0.39, 0.29) is 42.4 Å². The second kappa shape index (κ2) is 15.9. The topological polar surface area (TPSA) is 104 Å². The Morgan fingerprint density at radius 1 is 0.980 bits per heavy atom. The molecule has 0 bridgehead atoms. The van der Waals surface area contributed by atoms with Gasteiger partial charge >= 0.3 is 0 Å². The number of methoxy groups -OCH3 is 1. The van der Waals surface area contributed by atoms with E-state index in [2.05, 4.69) is 46.6 Å². The minimum atomic E-state index is -0.224. The van der Waals surface area contributed by atoms with Gasteiger partial charge in [0.25, 0.3) is 5.91 Å². The van der Waals surface area contributed by atoms with Crippen molar-refractivity contribution >= 4 is 23.2 Å². The molecule has 1 unspecified atom stereocenters. The van der Waals surface area contributed by atoms with Crippen LogP contribution in [0, 0.1) is 5.92 Å². The molecule has 0 spiro atoms. The zero-order valence-electron chi connectivity index (χ0n) is 29.1. The number of likely N-dealkylation sites (tertiary alicyclic amines) is 1. The molecular weight excluding hydrogens is 632 g/mol. The third kappa shape index (κ3) is 7.99. The highest BCUT2D eigenvalue weighted by atomic mass is 16.5. The zero-order valence-corrected chi connectivity index (χ0v) is 29.1. The van der Waals surface area contributed by atoms with Crippen molar-refractivity contribution in [2.75, 3.05) is 76.0 Å². The summed E-state index contributed by atoms with van der Waals surface area (Å²) in [6, 6.07) is 22.9. The van der Waals surface area contributed by atoms with Gasteiger partial charge in [-0.05, 0) is 98.0 Å². The van der Waals surface area contributed by atoms with Crippen molar-refractivity contribution in [3.05, 3.63) is 72.3 Å². The Balaban J connectivity index is 1.07. The van der Waals surface area contributed by atoms with Crippen molar-refractivity contribution in [1.82, 2.24) is 10.2 Å². The SMILES string of the molecule is COCCCN1C(=O)COc2ccc(N(C(=O)[C@H]3CNCC[C@@H]3c3cccc(-c4cccc(OCCCN5CCC(O)C5)c4)c3)C3CC3)cc21. The molecule has 2 saturated heterocycles. The normalized spacial score (nSPS) is 22.2. The van der Waals surface area contributed by atoms with Gasteiger partial charge < -0.3 is 39.3 Å². The molecule has 50 heavy (non-hydrogen) atoms. The lowest BCUT2D eigenvalue weighted by Crippen LogP contribution is -2.47. The van der Waals surface area contributed by atoms with E-state index in [1.807, 2.05) is 35.2 Å². The van der Waals surface area contributed by atoms with Gasteiger partial charge in [-0.25, -0.2) is 0 Å². The number of fused-ring (bicyclic) bond motifs is 1. The Morgan fingerprint density at radius 2 is 1.80 bits per heavy atom. The fraction of sp³-hybridized carbons (Fsp3) is 0.500. The number of carbonyl (C=O) groups is 2. The van der Waals surface area contributed by atoms with Gasteiger partial charge in [0.2, 0.25) is 5.91 Å². The van der Waals surface area contributed by atoms with Crippen LogP contribution in [0.2, 0.25) is 0 Å². The minimum Gasteiger partial charge on any atom is -0.494 e. The number of benzene rings is 3. The van der Waals surface area contributed by atoms with Crippen molar-refractivity contribution in [2.45, 2.75) is 56.6 Å². The van der Waals surface area contributed by atoms with Gasteiger partial charge in [0.15, 0.2) is 6.61 Å². The molecule has 3 aliphatic heterocycles. The van der Waals surface area contributed by atoms with Crippen molar-refractivity contribution in [1.29, 1.82) is 0 Å². The minimum absolute atomic E-state index is 0.0156. The van der Waals surface area contributed by atoms with Crippen LogP contribution in [-0.4, -0.2) is 100 Å². The smallest absolute Gasteiger partial charge is 0.265 e. The second-order valence-corrected chi connectivity index (χ2v) is 14.1. The molecule has 7 rings (SSSR count). The number of nitrogens with one attached hydrogen (secondary N) is 1. The lowest BCUT2D eigenvalue weighted by atomic mass is 9.79. The van der Waals surface area contributed by atoms with Gasteiger partial charge in [-0.1, -0.05) is 36.4 Å². The predicted octanol–water partition coefficient (Wildman–Crippen LogP) is 4.84. The van der Waals surface area contributed by atoms with Gasteiger partial charge in [-0.15, -0.1) is 0 Å². The van der Waals surface area contributed by atoms with Crippen molar-refractivity contribution in [3.63, 3.8) is 0 Å². The number of piperidine rings is 1. The summed E-state index contributed by atoms with van der Waals surface area (Å²) in [6.45, 7) is 5.86. The van der Waals surface area contributed by atoms with E-state index in [1.54, 1.807) is 12.0 Å². The first-order valence-corrected chi connectivity index (χ1v) is 18.3. The summed E-state index contributed by atoms with van der Waals surface area (Å²) in [5.41, 5.74) is 4.90. The summed E-state index contributed by atoms with van der Waals surface area (Å²) in [5, 5.41) is 13.3. The number of nitrogens with zero attached hydrogens (tertiary/aromatic N) is 3. The van der Waals surface area contributed by atoms with Crippen LogP contribution in [0.1, 0.15) is 50.0 Å². The summed E-state index contributed by atoms with van der Waals surface area (Å²) >= 11 is 0. The van der Waals surface area contributed by atoms with Crippen molar-refractivity contribution < 1.29 is 28.9 Å². The van der Waals surface area contributed by atoms with Crippen molar-refractivity contribution in [3.8, 4) is 22.6 Å². The van der Waals surface area contributed by atoms with Crippen LogP contribution in [0.25, 0.3) is 11.1 Å². The third-order valence-electron chi connectivity index (χ3n) is 10.5. The van der Waals surface area contributed by atoms with Gasteiger partial charge in [-0.2, -0.15) is 0 Å². The van der Waals surface area contributed by atoms with E-state index in [0.29, 0.717) is 38.5 Å². The number of ether oxygens (including phenoxy) is 3. The monoisotopic (exact) mass is 682 g/mol. The van der Waals surface area contributed by atoms with Gasteiger partial charge in [0.1, 0.15) is 11.5 Å². The Labute approximate surface area is 295 Å². The van der Waals surface area contributed by atoms with E-state index in [4.69, 9.17) is 14.2 Å². The molecule has 2 amide bonds. The van der Waals surface area contributed by atoms with E-state index in [9.17, 15) is 14.7 Å². The molecule has 0 radical (unpaired) electrons. The zero-order chi connectivity index (χ0) is 34.5. The maximum atomic E-state index is 14.6.